The van der Waals surface area contributed by atoms with Crippen LogP contribution in [-0.4, -0.2) is 16.9 Å². The van der Waals surface area contributed by atoms with Gasteiger partial charge in [-0.3, -0.25) is 14.9 Å². The average Bonchev–Trinajstić information content (AvgIpc) is 2.52. The molecule has 0 aromatic heterocycles. The Hall–Kier alpha value is -1.91. The van der Waals surface area contributed by atoms with Crippen molar-refractivity contribution in [2.24, 2.45) is 23.2 Å². The van der Waals surface area contributed by atoms with Crippen LogP contribution in [0.1, 0.15) is 61.4 Å². The Balaban J connectivity index is 1.56. The Labute approximate surface area is 148 Å². The molecule has 0 unspecified atom stereocenters. The van der Waals surface area contributed by atoms with Crippen molar-refractivity contribution < 1.29 is 9.72 Å². The van der Waals surface area contributed by atoms with E-state index >= 15 is 0 Å². The highest BCUT2D eigenvalue weighted by Crippen LogP contribution is 2.61. The van der Waals surface area contributed by atoms with Crippen molar-refractivity contribution in [1.82, 2.24) is 5.32 Å². The van der Waals surface area contributed by atoms with Crippen LogP contribution in [0.4, 0.5) is 5.69 Å². The molecule has 1 atom stereocenters. The summed E-state index contributed by atoms with van der Waals surface area (Å²) in [6.45, 7) is 3.78. The number of rotatable bonds is 4. The maximum Gasteiger partial charge on any atom is 0.285 e. The molecule has 0 radical (unpaired) electrons. The lowest BCUT2D eigenvalue weighted by Gasteiger charge is -2.59. The summed E-state index contributed by atoms with van der Waals surface area (Å²) in [5, 5.41) is 14.5. The van der Waals surface area contributed by atoms with Gasteiger partial charge in [0.2, 0.25) is 0 Å². The van der Waals surface area contributed by atoms with E-state index in [4.69, 9.17) is 0 Å². The number of benzene rings is 1. The Bertz CT molecular complexity index is 692. The lowest BCUT2D eigenvalue weighted by Crippen LogP contribution is -2.55. The minimum absolute atomic E-state index is 0.0634. The van der Waals surface area contributed by atoms with Crippen molar-refractivity contribution in [3.63, 3.8) is 0 Å². The van der Waals surface area contributed by atoms with E-state index in [0.717, 1.165) is 17.8 Å². The minimum Gasteiger partial charge on any atom is -0.349 e. The fourth-order valence-electron chi connectivity index (χ4n) is 6.22. The summed E-state index contributed by atoms with van der Waals surface area (Å²) in [7, 11) is 0. The normalized spacial score (nSPS) is 33.9. The lowest BCUT2D eigenvalue weighted by molar-refractivity contribution is -0.385. The molecule has 1 amide bonds. The van der Waals surface area contributed by atoms with Crippen molar-refractivity contribution in [2.45, 2.75) is 58.4 Å². The molecule has 5 rings (SSSR count). The van der Waals surface area contributed by atoms with Crippen LogP contribution in [0.15, 0.2) is 18.2 Å². The highest BCUT2D eigenvalue weighted by molar-refractivity contribution is 5.98. The summed E-state index contributed by atoms with van der Waals surface area (Å²) in [4.78, 5) is 23.7. The van der Waals surface area contributed by atoms with Crippen molar-refractivity contribution in [3.8, 4) is 0 Å². The molecule has 1 aromatic carbocycles. The van der Waals surface area contributed by atoms with Crippen molar-refractivity contribution in [1.29, 1.82) is 0 Å². The molecular formula is C20H26N2O3. The Kier molecular flexibility index (Phi) is 3.85. The quantitative estimate of drug-likeness (QED) is 0.657. The molecule has 5 nitrogen and oxygen atoms in total. The molecule has 0 aliphatic heterocycles. The van der Waals surface area contributed by atoms with Gasteiger partial charge in [0.1, 0.15) is 5.56 Å². The van der Waals surface area contributed by atoms with Gasteiger partial charge >= 0.3 is 0 Å². The van der Waals surface area contributed by atoms with E-state index in [-0.39, 0.29) is 28.6 Å². The molecular weight excluding hydrogens is 316 g/mol. The number of carbonyl (C=O) groups is 1. The molecule has 0 spiro atoms. The van der Waals surface area contributed by atoms with Crippen LogP contribution < -0.4 is 5.32 Å². The lowest BCUT2D eigenvalue weighted by atomic mass is 9.48. The van der Waals surface area contributed by atoms with Crippen LogP contribution in [0.3, 0.4) is 0 Å². The molecule has 0 heterocycles. The van der Waals surface area contributed by atoms with Gasteiger partial charge in [-0.1, -0.05) is 12.1 Å². The third kappa shape index (κ3) is 2.74. The second kappa shape index (κ2) is 5.82. The molecule has 4 aliphatic rings. The standard InChI is InChI=1S/C20H26N2O3/c1-12-4-3-5-17(18(12)22(24)25)19(23)21-13(2)20-9-14-6-15(10-20)8-16(7-14)11-20/h3-5,13-16H,6-11H2,1-2H3,(H,21,23)/t13-,14?,15?,16?,20?/m0/s1. The van der Waals surface area contributed by atoms with Gasteiger partial charge in [-0.15, -0.1) is 0 Å². The van der Waals surface area contributed by atoms with Crippen molar-refractivity contribution >= 4 is 11.6 Å². The summed E-state index contributed by atoms with van der Waals surface area (Å²) in [5.41, 5.74) is 0.836. The van der Waals surface area contributed by atoms with Crippen LogP contribution in [0.5, 0.6) is 0 Å². The minimum atomic E-state index is -0.445. The molecule has 4 aliphatic carbocycles. The molecule has 4 bridgehead atoms. The number of amides is 1. The van der Waals surface area contributed by atoms with Gasteiger partial charge in [-0.2, -0.15) is 0 Å². The predicted molar refractivity (Wildman–Crippen MR) is 95.4 cm³/mol. The first-order valence-corrected chi connectivity index (χ1v) is 9.43. The third-order valence-electron chi connectivity index (χ3n) is 7.02. The van der Waals surface area contributed by atoms with Crippen molar-refractivity contribution in [2.75, 3.05) is 0 Å². The molecule has 1 aromatic rings. The van der Waals surface area contributed by atoms with E-state index in [1.54, 1.807) is 25.1 Å². The number of nitro benzene ring substituents is 1. The van der Waals surface area contributed by atoms with Gasteiger partial charge in [0, 0.05) is 11.6 Å². The van der Waals surface area contributed by atoms with Gasteiger partial charge in [-0.05, 0) is 81.6 Å². The van der Waals surface area contributed by atoms with E-state index in [1.807, 2.05) is 0 Å². The number of nitrogens with one attached hydrogen (secondary N) is 1. The fourth-order valence-corrected chi connectivity index (χ4v) is 6.22. The number of aryl methyl sites for hydroxylation is 1. The SMILES string of the molecule is Cc1cccc(C(=O)N[C@@H](C)C23CC4CC(CC(C4)C2)C3)c1[N+](=O)[O-]. The smallest absolute Gasteiger partial charge is 0.285 e. The van der Waals surface area contributed by atoms with Crippen LogP contribution in [0.2, 0.25) is 0 Å². The zero-order valence-corrected chi connectivity index (χ0v) is 15.0. The number of nitro groups is 1. The van der Waals surface area contributed by atoms with Crippen LogP contribution in [-0.2, 0) is 0 Å². The molecule has 134 valence electrons. The second-order valence-electron chi connectivity index (χ2n) is 8.70. The monoisotopic (exact) mass is 342 g/mol. The number of hydrogen-bond donors (Lipinski definition) is 1. The highest BCUT2D eigenvalue weighted by Gasteiger charge is 2.53. The van der Waals surface area contributed by atoms with Gasteiger partial charge < -0.3 is 5.32 Å². The summed E-state index contributed by atoms with van der Waals surface area (Å²) in [6.07, 6.45) is 7.71. The van der Waals surface area contributed by atoms with Crippen LogP contribution in [0.25, 0.3) is 0 Å². The Morgan fingerprint density at radius 2 is 1.76 bits per heavy atom. The van der Waals surface area contributed by atoms with E-state index < -0.39 is 4.92 Å². The Morgan fingerprint density at radius 1 is 1.20 bits per heavy atom. The van der Waals surface area contributed by atoms with E-state index in [1.165, 1.54) is 38.5 Å². The zero-order valence-electron chi connectivity index (χ0n) is 15.0. The topological polar surface area (TPSA) is 72.2 Å². The van der Waals surface area contributed by atoms with Gasteiger partial charge in [0.05, 0.1) is 4.92 Å². The van der Waals surface area contributed by atoms with Crippen LogP contribution in [0, 0.1) is 40.2 Å². The molecule has 1 N–H and O–H groups in total. The highest BCUT2D eigenvalue weighted by atomic mass is 16.6. The summed E-state index contributed by atoms with van der Waals surface area (Å²) >= 11 is 0. The first-order valence-electron chi connectivity index (χ1n) is 9.43. The van der Waals surface area contributed by atoms with E-state index in [0.29, 0.717) is 5.56 Å². The molecule has 4 saturated carbocycles. The van der Waals surface area contributed by atoms with Gasteiger partial charge in [0.25, 0.3) is 11.6 Å². The maximum absolute atomic E-state index is 12.8. The first-order chi connectivity index (χ1) is 11.9. The van der Waals surface area contributed by atoms with E-state index in [9.17, 15) is 14.9 Å². The molecule has 25 heavy (non-hydrogen) atoms. The average molecular weight is 342 g/mol. The summed E-state index contributed by atoms with van der Waals surface area (Å²) in [6, 6.07) is 5.02. The zero-order chi connectivity index (χ0) is 17.8. The fraction of sp³-hybridized carbons (Fsp3) is 0.650. The molecule has 4 fully saturated rings. The maximum atomic E-state index is 12.8. The third-order valence-corrected chi connectivity index (χ3v) is 7.02. The number of carbonyl (C=O) groups excluding carboxylic acids is 1. The predicted octanol–water partition coefficient (Wildman–Crippen LogP) is 4.24. The summed E-state index contributed by atoms with van der Waals surface area (Å²) in [5.74, 6) is 2.15. The van der Waals surface area contributed by atoms with Crippen molar-refractivity contribution in [3.05, 3.63) is 39.4 Å². The largest absolute Gasteiger partial charge is 0.349 e. The number of nitrogens with zero attached hydrogens (tertiary/aromatic N) is 1. The first kappa shape index (κ1) is 16.6. The van der Waals surface area contributed by atoms with Gasteiger partial charge in [0.15, 0.2) is 0 Å². The number of para-hydroxylation sites is 1. The molecule has 0 saturated heterocycles. The second-order valence-corrected chi connectivity index (χ2v) is 8.70. The van der Waals surface area contributed by atoms with Gasteiger partial charge in [-0.25, -0.2) is 0 Å². The number of hydrogen-bond acceptors (Lipinski definition) is 3. The summed E-state index contributed by atoms with van der Waals surface area (Å²) < 4.78 is 0. The molecule has 5 heteroatoms. The van der Waals surface area contributed by atoms with E-state index in [2.05, 4.69) is 12.2 Å². The van der Waals surface area contributed by atoms with Crippen LogP contribution >= 0.6 is 0 Å². The Morgan fingerprint density at radius 3 is 2.28 bits per heavy atom.